The third-order valence-corrected chi connectivity index (χ3v) is 4.17. The number of aryl methyl sites for hydroxylation is 1. The summed E-state index contributed by atoms with van der Waals surface area (Å²) in [5, 5.41) is 14.3. The molecule has 8 heteroatoms. The topological polar surface area (TPSA) is 119 Å². The van der Waals surface area contributed by atoms with E-state index in [0.717, 1.165) is 19.3 Å². The van der Waals surface area contributed by atoms with Gasteiger partial charge in [0.1, 0.15) is 5.69 Å². The first-order valence-corrected chi connectivity index (χ1v) is 6.75. The van der Waals surface area contributed by atoms with Crippen molar-refractivity contribution >= 4 is 17.5 Å². The summed E-state index contributed by atoms with van der Waals surface area (Å²) in [6, 6.07) is 0. The molecule has 0 amide bonds. The van der Waals surface area contributed by atoms with E-state index in [0.29, 0.717) is 12.2 Å². The van der Waals surface area contributed by atoms with Crippen LogP contribution in [-0.4, -0.2) is 21.4 Å². The van der Waals surface area contributed by atoms with Crippen LogP contribution in [-0.2, 0) is 0 Å². The second-order valence-corrected chi connectivity index (χ2v) is 5.29. The van der Waals surface area contributed by atoms with E-state index in [-0.39, 0.29) is 22.9 Å². The molecule has 0 atom stereocenters. The second-order valence-electron chi connectivity index (χ2n) is 5.29. The van der Waals surface area contributed by atoms with Crippen molar-refractivity contribution in [1.82, 2.24) is 9.97 Å². The number of rotatable bonds is 6. The Labute approximate surface area is 117 Å². The third kappa shape index (κ3) is 2.64. The van der Waals surface area contributed by atoms with Crippen LogP contribution in [0, 0.1) is 22.5 Å². The van der Waals surface area contributed by atoms with Crippen molar-refractivity contribution < 1.29 is 4.92 Å². The fourth-order valence-corrected chi connectivity index (χ4v) is 2.58. The third-order valence-electron chi connectivity index (χ3n) is 4.17. The first-order chi connectivity index (χ1) is 9.51. The van der Waals surface area contributed by atoms with E-state index in [1.165, 1.54) is 6.42 Å². The summed E-state index contributed by atoms with van der Waals surface area (Å²) < 4.78 is 0. The molecule has 20 heavy (non-hydrogen) atoms. The van der Waals surface area contributed by atoms with Gasteiger partial charge in [-0.05, 0) is 31.6 Å². The Kier molecular flexibility index (Phi) is 4.03. The van der Waals surface area contributed by atoms with Gasteiger partial charge < -0.3 is 5.32 Å². The number of aromatic nitrogens is 2. The van der Waals surface area contributed by atoms with Crippen LogP contribution in [0.1, 0.15) is 38.3 Å². The Hall–Kier alpha value is -1.96. The Bertz CT molecular complexity index is 509. The van der Waals surface area contributed by atoms with Gasteiger partial charge in [0.2, 0.25) is 11.8 Å². The van der Waals surface area contributed by atoms with Crippen LogP contribution < -0.4 is 16.6 Å². The molecule has 1 aromatic heterocycles. The molecule has 0 radical (unpaired) electrons. The summed E-state index contributed by atoms with van der Waals surface area (Å²) in [4.78, 5) is 18.7. The highest BCUT2D eigenvalue weighted by molar-refractivity contribution is 5.60. The van der Waals surface area contributed by atoms with Gasteiger partial charge in [-0.25, -0.2) is 10.8 Å². The van der Waals surface area contributed by atoms with Crippen LogP contribution in [0.2, 0.25) is 0 Å². The van der Waals surface area contributed by atoms with Gasteiger partial charge in [0.15, 0.2) is 0 Å². The lowest BCUT2D eigenvalue weighted by Crippen LogP contribution is -2.36. The lowest BCUT2D eigenvalue weighted by Gasteiger charge is -2.41. The fraction of sp³-hybridized carbons (Fsp3) is 0.667. The molecule has 1 saturated carbocycles. The van der Waals surface area contributed by atoms with Gasteiger partial charge in [-0.1, -0.05) is 13.3 Å². The molecule has 0 aliphatic heterocycles. The summed E-state index contributed by atoms with van der Waals surface area (Å²) in [6.07, 6.45) is 4.57. The maximum atomic E-state index is 11.2. The number of nitrogens with one attached hydrogen (secondary N) is 2. The molecule has 1 aliphatic rings. The number of nitrogen functional groups attached to an aromatic ring is 1. The Morgan fingerprint density at radius 1 is 1.45 bits per heavy atom. The van der Waals surface area contributed by atoms with Gasteiger partial charge in [-0.3, -0.25) is 15.5 Å². The molecule has 0 spiro atoms. The first-order valence-electron chi connectivity index (χ1n) is 6.75. The number of anilines is 2. The maximum Gasteiger partial charge on any atom is 0.332 e. The zero-order chi connectivity index (χ0) is 14.8. The number of hydrazine groups is 1. The van der Waals surface area contributed by atoms with Crippen molar-refractivity contribution in [2.24, 2.45) is 11.3 Å². The Morgan fingerprint density at radius 2 is 2.15 bits per heavy atom. The van der Waals surface area contributed by atoms with Crippen molar-refractivity contribution in [1.29, 1.82) is 0 Å². The summed E-state index contributed by atoms with van der Waals surface area (Å²) in [6.45, 7) is 4.41. The van der Waals surface area contributed by atoms with Gasteiger partial charge in [-0.15, -0.1) is 0 Å². The smallest absolute Gasteiger partial charge is 0.332 e. The maximum absolute atomic E-state index is 11.2. The zero-order valence-corrected chi connectivity index (χ0v) is 11.8. The molecule has 0 unspecified atom stereocenters. The molecule has 2 rings (SSSR count). The predicted molar refractivity (Wildman–Crippen MR) is 76.3 cm³/mol. The van der Waals surface area contributed by atoms with E-state index in [4.69, 9.17) is 5.84 Å². The summed E-state index contributed by atoms with van der Waals surface area (Å²) in [5.74, 6) is 5.69. The van der Waals surface area contributed by atoms with Crippen LogP contribution in [0.5, 0.6) is 0 Å². The van der Waals surface area contributed by atoms with Crippen molar-refractivity contribution in [3.05, 3.63) is 15.8 Å². The average Bonchev–Trinajstić information content (AvgIpc) is 2.36. The van der Waals surface area contributed by atoms with E-state index in [9.17, 15) is 10.1 Å². The minimum atomic E-state index is -0.461. The number of nitrogens with two attached hydrogens (primary N) is 1. The van der Waals surface area contributed by atoms with Crippen LogP contribution in [0.3, 0.4) is 0 Å². The molecule has 4 N–H and O–H groups in total. The monoisotopic (exact) mass is 280 g/mol. The normalized spacial score (nSPS) is 16.4. The van der Waals surface area contributed by atoms with Crippen molar-refractivity contribution in [3.8, 4) is 0 Å². The molecule has 0 saturated heterocycles. The lowest BCUT2D eigenvalue weighted by molar-refractivity contribution is -0.385. The van der Waals surface area contributed by atoms with Crippen molar-refractivity contribution in [3.63, 3.8) is 0 Å². The van der Waals surface area contributed by atoms with Crippen LogP contribution >= 0.6 is 0 Å². The fourth-order valence-electron chi connectivity index (χ4n) is 2.58. The predicted octanol–water partition coefficient (Wildman–Crippen LogP) is 1.97. The number of nitro groups is 1. The quantitative estimate of drug-likeness (QED) is 0.414. The van der Waals surface area contributed by atoms with E-state index >= 15 is 0 Å². The molecule has 1 heterocycles. The molecule has 1 fully saturated rings. The van der Waals surface area contributed by atoms with Gasteiger partial charge in [-0.2, -0.15) is 4.98 Å². The van der Waals surface area contributed by atoms with Gasteiger partial charge in [0.05, 0.1) is 4.92 Å². The minimum absolute atomic E-state index is 0.0884. The number of hydrogen-bond donors (Lipinski definition) is 3. The molecular formula is C12H20N6O2. The van der Waals surface area contributed by atoms with E-state index in [2.05, 4.69) is 27.6 Å². The molecule has 110 valence electrons. The highest BCUT2D eigenvalue weighted by atomic mass is 16.6. The van der Waals surface area contributed by atoms with Crippen LogP contribution in [0.4, 0.5) is 17.5 Å². The standard InChI is InChI=1S/C12H20N6O2/c1-3-12(5-4-6-12)7-14-10-9(18(19)20)8(2)15-11(16-10)17-13/h3-7,13H2,1-2H3,(H2,14,15,16,17). The molecular weight excluding hydrogens is 260 g/mol. The van der Waals surface area contributed by atoms with Crippen LogP contribution in [0.25, 0.3) is 0 Å². The molecule has 1 aromatic rings. The van der Waals surface area contributed by atoms with E-state index in [1.807, 2.05) is 0 Å². The van der Waals surface area contributed by atoms with Gasteiger partial charge >= 0.3 is 5.69 Å². The van der Waals surface area contributed by atoms with E-state index in [1.54, 1.807) is 6.92 Å². The molecule has 0 bridgehead atoms. The van der Waals surface area contributed by atoms with Crippen molar-refractivity contribution in [2.45, 2.75) is 39.5 Å². The summed E-state index contributed by atoms with van der Waals surface area (Å²) in [5.41, 5.74) is 2.77. The number of hydrogen-bond acceptors (Lipinski definition) is 7. The molecule has 0 aromatic carbocycles. The molecule has 8 nitrogen and oxygen atoms in total. The Morgan fingerprint density at radius 3 is 2.60 bits per heavy atom. The van der Waals surface area contributed by atoms with Crippen LogP contribution in [0.15, 0.2) is 0 Å². The van der Waals surface area contributed by atoms with E-state index < -0.39 is 4.92 Å². The van der Waals surface area contributed by atoms with Gasteiger partial charge in [0.25, 0.3) is 0 Å². The number of nitrogens with zero attached hydrogens (tertiary/aromatic N) is 3. The summed E-state index contributed by atoms with van der Waals surface area (Å²) in [7, 11) is 0. The van der Waals surface area contributed by atoms with Gasteiger partial charge in [0, 0.05) is 6.54 Å². The molecule has 1 aliphatic carbocycles. The largest absolute Gasteiger partial charge is 0.364 e. The van der Waals surface area contributed by atoms with Crippen molar-refractivity contribution in [2.75, 3.05) is 17.3 Å². The Balaban J connectivity index is 2.24. The highest BCUT2D eigenvalue weighted by Crippen LogP contribution is 2.44. The average molecular weight is 280 g/mol. The lowest BCUT2D eigenvalue weighted by atomic mass is 9.67. The summed E-state index contributed by atoms with van der Waals surface area (Å²) >= 11 is 0. The first kappa shape index (κ1) is 14.4. The minimum Gasteiger partial charge on any atom is -0.364 e. The SMILES string of the molecule is CCC1(CNc2nc(NN)nc(C)c2[N+](=O)[O-])CCC1. The highest BCUT2D eigenvalue weighted by Gasteiger charge is 2.35. The zero-order valence-electron chi connectivity index (χ0n) is 11.8. The second kappa shape index (κ2) is 5.58.